The largest absolute Gasteiger partial charge is 0.106 e. The summed E-state index contributed by atoms with van der Waals surface area (Å²) in [5.41, 5.74) is 0. The normalized spacial score (nSPS) is 7.75. The minimum Gasteiger partial charge on any atom is -0.106 e. The molecule has 0 aliphatic heterocycles. The van der Waals surface area contributed by atoms with Crippen LogP contribution in [-0.4, -0.2) is 0 Å². The lowest BCUT2D eigenvalue weighted by molar-refractivity contribution is 0.798. The molecule has 0 aromatic carbocycles. The molecule has 0 N–H and O–H groups in total. The van der Waals surface area contributed by atoms with Gasteiger partial charge in [0.1, 0.15) is 0 Å². The summed E-state index contributed by atoms with van der Waals surface area (Å²) in [5, 5.41) is 0. The van der Waals surface area contributed by atoms with Crippen molar-refractivity contribution in [2.24, 2.45) is 0 Å². The molecule has 0 bridgehead atoms. The molecule has 0 aliphatic rings. The molecule has 0 saturated heterocycles. The van der Waals surface area contributed by atoms with Crippen LogP contribution in [0.25, 0.3) is 0 Å². The smallest absolute Gasteiger partial charge is 0.0340 e. The lowest BCUT2D eigenvalue weighted by Gasteiger charge is -1.86. The molecular formula is C8H13. The van der Waals surface area contributed by atoms with E-state index >= 15 is 0 Å². The molecule has 0 aliphatic carbocycles. The molecule has 0 unspecified atom stereocenters. The fraction of sp³-hybridized carbons (Fsp3) is 0.625. The first kappa shape index (κ1) is 7.56. The van der Waals surface area contributed by atoms with Crippen LogP contribution in [-0.2, 0) is 0 Å². The molecule has 0 saturated carbocycles. The Hall–Kier alpha value is -0.440. The van der Waals surface area contributed by atoms with Crippen molar-refractivity contribution in [3.63, 3.8) is 0 Å². The molecule has 0 fully saturated rings. The zero-order valence-electron chi connectivity index (χ0n) is 5.70. The summed E-state index contributed by atoms with van der Waals surface area (Å²) < 4.78 is 0. The van der Waals surface area contributed by atoms with Gasteiger partial charge in [-0.3, -0.25) is 0 Å². The highest BCUT2D eigenvalue weighted by atomic mass is 13.8. The number of hydrogen-bond acceptors (Lipinski definition) is 0. The maximum Gasteiger partial charge on any atom is 0.0340 e. The molecule has 0 aromatic heterocycles. The third-order valence-electron chi connectivity index (χ3n) is 0.948. The fourth-order valence-electron chi connectivity index (χ4n) is 0.480. The predicted molar refractivity (Wildman–Crippen MR) is 37.3 cm³/mol. The molecule has 0 aromatic rings. The van der Waals surface area contributed by atoms with E-state index in [4.69, 9.17) is 0 Å². The molecule has 0 atom stereocenters. The molecule has 8 heavy (non-hydrogen) atoms. The molecule has 0 rings (SSSR count). The van der Waals surface area contributed by atoms with Crippen molar-refractivity contribution in [1.82, 2.24) is 0 Å². The zero-order valence-corrected chi connectivity index (χ0v) is 5.70. The van der Waals surface area contributed by atoms with E-state index < -0.39 is 0 Å². The molecular weight excluding hydrogens is 96.1 g/mol. The Labute approximate surface area is 52.3 Å². The second-order valence-corrected chi connectivity index (χ2v) is 1.74. The summed E-state index contributed by atoms with van der Waals surface area (Å²) in [6.45, 7) is 4.05. The van der Waals surface area contributed by atoms with Crippen molar-refractivity contribution in [3.8, 4) is 11.8 Å². The van der Waals surface area contributed by atoms with E-state index in [0.717, 1.165) is 6.42 Å². The molecule has 0 nitrogen and oxygen atoms in total. The van der Waals surface area contributed by atoms with E-state index in [1.54, 1.807) is 0 Å². The molecule has 0 amide bonds. The van der Waals surface area contributed by atoms with E-state index in [2.05, 4.69) is 18.8 Å². The van der Waals surface area contributed by atoms with E-state index in [1.165, 1.54) is 12.8 Å². The second kappa shape index (κ2) is 6.56. The monoisotopic (exact) mass is 109 g/mol. The van der Waals surface area contributed by atoms with Crippen LogP contribution in [0.15, 0.2) is 0 Å². The third-order valence-corrected chi connectivity index (χ3v) is 0.948. The van der Waals surface area contributed by atoms with Gasteiger partial charge in [-0.2, -0.15) is 0 Å². The van der Waals surface area contributed by atoms with Crippen LogP contribution in [0.3, 0.4) is 0 Å². The van der Waals surface area contributed by atoms with Gasteiger partial charge in [-0.1, -0.05) is 25.7 Å². The average Bonchev–Trinajstić information content (AvgIpc) is 1.81. The van der Waals surface area contributed by atoms with Crippen LogP contribution in [0.1, 0.15) is 33.1 Å². The first-order valence-corrected chi connectivity index (χ1v) is 3.15. The number of rotatable bonds is 3. The summed E-state index contributed by atoms with van der Waals surface area (Å²) in [5.74, 6) is 5.73. The van der Waals surface area contributed by atoms with Crippen molar-refractivity contribution in [3.05, 3.63) is 6.42 Å². The van der Waals surface area contributed by atoms with E-state index in [1.807, 2.05) is 13.3 Å². The van der Waals surface area contributed by atoms with Gasteiger partial charge in [0.15, 0.2) is 0 Å². The Morgan fingerprint density at radius 2 is 2.25 bits per heavy atom. The summed E-state index contributed by atoms with van der Waals surface area (Å²) in [7, 11) is 0. The Kier molecular flexibility index (Phi) is 6.20. The Morgan fingerprint density at radius 3 is 2.75 bits per heavy atom. The van der Waals surface area contributed by atoms with Crippen molar-refractivity contribution < 1.29 is 0 Å². The number of hydrogen-bond donors (Lipinski definition) is 0. The molecule has 1 radical (unpaired) electrons. The maximum atomic E-state index is 2.91. The van der Waals surface area contributed by atoms with Gasteiger partial charge in [0.2, 0.25) is 0 Å². The highest BCUT2D eigenvalue weighted by Gasteiger charge is 1.79. The van der Waals surface area contributed by atoms with Crippen molar-refractivity contribution in [1.29, 1.82) is 0 Å². The van der Waals surface area contributed by atoms with Gasteiger partial charge in [0.25, 0.3) is 0 Å². The van der Waals surface area contributed by atoms with Crippen LogP contribution in [0, 0.1) is 18.3 Å². The fourth-order valence-corrected chi connectivity index (χ4v) is 0.480. The van der Waals surface area contributed by atoms with Crippen molar-refractivity contribution >= 4 is 0 Å². The first-order chi connectivity index (χ1) is 3.91. The summed E-state index contributed by atoms with van der Waals surface area (Å²) in [4.78, 5) is 0. The predicted octanol–water partition coefficient (Wildman–Crippen LogP) is 2.40. The quantitative estimate of drug-likeness (QED) is 0.385. The maximum absolute atomic E-state index is 2.91. The van der Waals surface area contributed by atoms with Crippen LogP contribution < -0.4 is 0 Å². The van der Waals surface area contributed by atoms with Gasteiger partial charge in [-0.05, 0) is 13.3 Å². The highest BCUT2D eigenvalue weighted by Crippen LogP contribution is 1.94. The van der Waals surface area contributed by atoms with E-state index in [9.17, 15) is 0 Å². The van der Waals surface area contributed by atoms with E-state index in [-0.39, 0.29) is 0 Å². The standard InChI is InChI=1S/C8H13/c1-3-5-7-8-6-4-2/h8H,3,5,7H2,1-2H3. The van der Waals surface area contributed by atoms with Crippen LogP contribution in [0.5, 0.6) is 0 Å². The average molecular weight is 109 g/mol. The molecule has 0 heterocycles. The van der Waals surface area contributed by atoms with Gasteiger partial charge in [-0.25, -0.2) is 0 Å². The molecule has 0 heteroatoms. The van der Waals surface area contributed by atoms with Crippen LogP contribution >= 0.6 is 0 Å². The highest BCUT2D eigenvalue weighted by molar-refractivity contribution is 5.06. The Morgan fingerprint density at radius 1 is 1.50 bits per heavy atom. The molecule has 0 spiro atoms. The van der Waals surface area contributed by atoms with Crippen LogP contribution in [0.4, 0.5) is 0 Å². The van der Waals surface area contributed by atoms with Gasteiger partial charge < -0.3 is 0 Å². The zero-order chi connectivity index (χ0) is 6.24. The van der Waals surface area contributed by atoms with Crippen molar-refractivity contribution in [2.75, 3.05) is 0 Å². The Bertz CT molecular complexity index is 81.9. The minimum absolute atomic E-state index is 1.15. The topological polar surface area (TPSA) is 0 Å². The summed E-state index contributed by atoms with van der Waals surface area (Å²) in [6, 6.07) is 0. The van der Waals surface area contributed by atoms with Gasteiger partial charge in [0.05, 0.1) is 0 Å². The minimum atomic E-state index is 1.15. The first-order valence-electron chi connectivity index (χ1n) is 3.15. The van der Waals surface area contributed by atoms with Crippen LogP contribution in [0.2, 0.25) is 0 Å². The lowest BCUT2D eigenvalue weighted by atomic mass is 10.2. The van der Waals surface area contributed by atoms with Gasteiger partial charge in [0, 0.05) is 6.42 Å². The Balaban J connectivity index is 2.79. The SMILES string of the molecule is CC#C[CH]CCCC. The second-order valence-electron chi connectivity index (χ2n) is 1.74. The van der Waals surface area contributed by atoms with E-state index in [0.29, 0.717) is 0 Å². The molecule has 45 valence electrons. The number of unbranched alkanes of at least 4 members (excludes halogenated alkanes) is 3. The lowest BCUT2D eigenvalue weighted by Crippen LogP contribution is -1.70. The summed E-state index contributed by atoms with van der Waals surface area (Å²) >= 11 is 0. The summed E-state index contributed by atoms with van der Waals surface area (Å²) in [6.07, 6.45) is 5.72. The third kappa shape index (κ3) is 5.56. The van der Waals surface area contributed by atoms with Gasteiger partial charge in [-0.15, -0.1) is 5.92 Å². The van der Waals surface area contributed by atoms with Gasteiger partial charge >= 0.3 is 0 Å². The van der Waals surface area contributed by atoms with Crippen molar-refractivity contribution in [2.45, 2.75) is 33.1 Å².